The first-order chi connectivity index (χ1) is 16.1. The number of urea groups is 1. The Morgan fingerprint density at radius 1 is 1.00 bits per heavy atom. The van der Waals surface area contributed by atoms with Gasteiger partial charge in [-0.15, -0.1) is 0 Å². The minimum atomic E-state index is -0.162. The van der Waals surface area contributed by atoms with E-state index in [1.807, 2.05) is 24.3 Å². The van der Waals surface area contributed by atoms with Crippen molar-refractivity contribution in [1.82, 2.24) is 20.2 Å². The second-order valence-corrected chi connectivity index (χ2v) is 8.08. The first-order valence-electron chi connectivity index (χ1n) is 11.1. The summed E-state index contributed by atoms with van der Waals surface area (Å²) in [4.78, 5) is 36.9. The van der Waals surface area contributed by atoms with Gasteiger partial charge in [-0.1, -0.05) is 0 Å². The van der Waals surface area contributed by atoms with Crippen LogP contribution in [0.25, 0.3) is 0 Å². The molecule has 1 aliphatic heterocycles. The van der Waals surface area contributed by atoms with E-state index in [9.17, 15) is 9.59 Å². The summed E-state index contributed by atoms with van der Waals surface area (Å²) in [6.07, 6.45) is 6.30. The number of carbonyl (C=O) groups is 2. The molecule has 0 bridgehead atoms. The number of rotatable bonds is 8. The van der Waals surface area contributed by atoms with Gasteiger partial charge < -0.3 is 24.4 Å². The van der Waals surface area contributed by atoms with E-state index in [2.05, 4.69) is 15.3 Å². The molecule has 1 aromatic carbocycles. The van der Waals surface area contributed by atoms with Crippen LogP contribution in [0.1, 0.15) is 25.7 Å². The zero-order valence-corrected chi connectivity index (χ0v) is 18.9. The topological polar surface area (TPSA) is 106 Å². The van der Waals surface area contributed by atoms with Crippen LogP contribution in [0.2, 0.25) is 0 Å². The molecule has 0 unspecified atom stereocenters. The third-order valence-electron chi connectivity index (χ3n) is 5.96. The van der Waals surface area contributed by atoms with Crippen LogP contribution >= 0.6 is 0 Å². The predicted octanol–water partition coefficient (Wildman–Crippen LogP) is 2.24. The van der Waals surface area contributed by atoms with Gasteiger partial charge in [-0.05, 0) is 49.9 Å². The molecule has 2 aliphatic rings. The van der Waals surface area contributed by atoms with Gasteiger partial charge in [0.2, 0.25) is 5.91 Å². The average molecular weight is 456 g/mol. The van der Waals surface area contributed by atoms with Gasteiger partial charge >= 0.3 is 6.03 Å². The van der Waals surface area contributed by atoms with Gasteiger partial charge in [-0.2, -0.15) is 0 Å². The van der Waals surface area contributed by atoms with Crippen molar-refractivity contribution in [3.63, 3.8) is 0 Å². The summed E-state index contributed by atoms with van der Waals surface area (Å²) < 4.78 is 16.3. The number of hydrogen-bond donors (Lipinski definition) is 1. The molecule has 0 radical (unpaired) electrons. The summed E-state index contributed by atoms with van der Waals surface area (Å²) in [7, 11) is 3.13. The van der Waals surface area contributed by atoms with E-state index in [-0.39, 0.29) is 30.6 Å². The Morgan fingerprint density at radius 3 is 2.36 bits per heavy atom. The molecule has 2 aromatic rings. The highest BCUT2D eigenvalue weighted by Crippen LogP contribution is 2.27. The van der Waals surface area contributed by atoms with Crippen molar-refractivity contribution >= 4 is 17.6 Å². The van der Waals surface area contributed by atoms with Crippen molar-refractivity contribution in [3.8, 4) is 17.5 Å². The minimum Gasteiger partial charge on any atom is -0.497 e. The van der Waals surface area contributed by atoms with E-state index in [1.54, 1.807) is 29.3 Å². The number of hydrogen-bond acceptors (Lipinski definition) is 7. The molecule has 1 saturated carbocycles. The van der Waals surface area contributed by atoms with Gasteiger partial charge in [0, 0.05) is 37.2 Å². The standard InChI is InChI=1S/C23H29N5O5/c1-31-18-9-5-17(6-10-18)28-14-13-27(23(28)30)15-20(29)26-16-3-7-19(8-4-16)33-22-21(32-2)24-11-12-25-22/h5-6,9-12,16,19H,3-4,7-8,13-15H2,1-2H3,(H,26,29). The van der Waals surface area contributed by atoms with Crippen LogP contribution in [0.15, 0.2) is 36.7 Å². The fraction of sp³-hybridized carbons (Fsp3) is 0.478. The Hall–Kier alpha value is -3.56. The Bertz CT molecular complexity index is 962. The number of aromatic nitrogens is 2. The average Bonchev–Trinajstić information content (AvgIpc) is 3.20. The molecule has 1 aromatic heterocycles. The first-order valence-corrected chi connectivity index (χ1v) is 11.1. The highest BCUT2D eigenvalue weighted by Gasteiger charge is 2.32. The number of nitrogens with zero attached hydrogens (tertiary/aromatic N) is 4. The van der Waals surface area contributed by atoms with Crippen LogP contribution in [0, 0.1) is 0 Å². The summed E-state index contributed by atoms with van der Waals surface area (Å²) in [6.45, 7) is 1.12. The third kappa shape index (κ3) is 5.44. The fourth-order valence-electron chi connectivity index (χ4n) is 4.19. The number of nitrogens with one attached hydrogen (secondary N) is 1. The van der Waals surface area contributed by atoms with E-state index in [0.29, 0.717) is 24.8 Å². The normalized spacial score (nSPS) is 20.5. The summed E-state index contributed by atoms with van der Waals surface area (Å²) in [5.74, 6) is 1.35. The summed E-state index contributed by atoms with van der Waals surface area (Å²) in [5, 5.41) is 3.07. The lowest BCUT2D eigenvalue weighted by atomic mass is 9.93. The van der Waals surface area contributed by atoms with E-state index in [1.165, 1.54) is 7.11 Å². The second-order valence-electron chi connectivity index (χ2n) is 8.08. The third-order valence-corrected chi connectivity index (χ3v) is 5.96. The first kappa shape index (κ1) is 22.6. The quantitative estimate of drug-likeness (QED) is 0.651. The number of carbonyl (C=O) groups excluding carboxylic acids is 2. The molecule has 1 aliphatic carbocycles. The lowest BCUT2D eigenvalue weighted by molar-refractivity contribution is -0.122. The lowest BCUT2D eigenvalue weighted by Gasteiger charge is -2.29. The van der Waals surface area contributed by atoms with Gasteiger partial charge in [0.15, 0.2) is 0 Å². The van der Waals surface area contributed by atoms with Crippen molar-refractivity contribution in [2.75, 3.05) is 38.8 Å². The molecule has 4 rings (SSSR count). The molecule has 2 heterocycles. The molecular formula is C23H29N5O5. The van der Waals surface area contributed by atoms with Crippen molar-refractivity contribution in [3.05, 3.63) is 36.7 Å². The minimum absolute atomic E-state index is 0.00182. The summed E-state index contributed by atoms with van der Waals surface area (Å²) in [5.41, 5.74) is 0.793. The summed E-state index contributed by atoms with van der Waals surface area (Å²) >= 11 is 0. The van der Waals surface area contributed by atoms with Crippen LogP contribution in [-0.4, -0.2) is 72.8 Å². The number of methoxy groups -OCH3 is 2. The molecule has 2 fully saturated rings. The van der Waals surface area contributed by atoms with Crippen LogP contribution in [0.3, 0.4) is 0 Å². The van der Waals surface area contributed by atoms with Gasteiger partial charge in [-0.25, -0.2) is 14.8 Å². The molecule has 176 valence electrons. The van der Waals surface area contributed by atoms with Crippen LogP contribution in [0.5, 0.6) is 17.5 Å². The molecule has 33 heavy (non-hydrogen) atoms. The molecule has 0 spiro atoms. The SMILES string of the molecule is COc1ccc(N2CCN(CC(=O)NC3CCC(Oc4nccnc4OC)CC3)C2=O)cc1. The number of benzene rings is 1. The van der Waals surface area contributed by atoms with E-state index >= 15 is 0 Å². The van der Waals surface area contributed by atoms with Gasteiger partial charge in [0.05, 0.1) is 14.2 Å². The number of anilines is 1. The maximum atomic E-state index is 12.8. The van der Waals surface area contributed by atoms with E-state index in [0.717, 1.165) is 37.1 Å². The molecule has 1 saturated heterocycles. The Kier molecular flexibility index (Phi) is 7.11. The zero-order chi connectivity index (χ0) is 23.2. The van der Waals surface area contributed by atoms with Crippen molar-refractivity contribution in [2.24, 2.45) is 0 Å². The van der Waals surface area contributed by atoms with Crippen LogP contribution in [0.4, 0.5) is 10.5 Å². The summed E-state index contributed by atoms with van der Waals surface area (Å²) in [6, 6.07) is 7.23. The van der Waals surface area contributed by atoms with Gasteiger partial charge in [-0.3, -0.25) is 9.69 Å². The Morgan fingerprint density at radius 2 is 1.70 bits per heavy atom. The zero-order valence-electron chi connectivity index (χ0n) is 18.9. The van der Waals surface area contributed by atoms with E-state index in [4.69, 9.17) is 14.2 Å². The highest BCUT2D eigenvalue weighted by molar-refractivity contribution is 5.96. The molecular weight excluding hydrogens is 426 g/mol. The number of ether oxygens (including phenoxy) is 3. The fourth-order valence-corrected chi connectivity index (χ4v) is 4.19. The monoisotopic (exact) mass is 455 g/mol. The molecule has 1 N–H and O–H groups in total. The maximum absolute atomic E-state index is 12.8. The number of amides is 3. The molecule has 10 heteroatoms. The van der Waals surface area contributed by atoms with Gasteiger partial charge in [0.25, 0.3) is 11.8 Å². The Labute approximate surface area is 192 Å². The van der Waals surface area contributed by atoms with Crippen LogP contribution < -0.4 is 24.4 Å². The van der Waals surface area contributed by atoms with Crippen molar-refractivity contribution in [2.45, 2.75) is 37.8 Å². The highest BCUT2D eigenvalue weighted by atomic mass is 16.5. The second kappa shape index (κ2) is 10.4. The molecule has 0 atom stereocenters. The van der Waals surface area contributed by atoms with E-state index < -0.39 is 0 Å². The molecule has 3 amide bonds. The van der Waals surface area contributed by atoms with Crippen molar-refractivity contribution < 1.29 is 23.8 Å². The van der Waals surface area contributed by atoms with Crippen LogP contribution in [-0.2, 0) is 4.79 Å². The smallest absolute Gasteiger partial charge is 0.325 e. The lowest BCUT2D eigenvalue weighted by Crippen LogP contribution is -2.45. The van der Waals surface area contributed by atoms with Crippen molar-refractivity contribution in [1.29, 1.82) is 0 Å². The molecule has 10 nitrogen and oxygen atoms in total. The predicted molar refractivity (Wildman–Crippen MR) is 121 cm³/mol. The largest absolute Gasteiger partial charge is 0.497 e. The van der Waals surface area contributed by atoms with Gasteiger partial charge in [0.1, 0.15) is 18.4 Å². The Balaban J connectivity index is 1.22. The maximum Gasteiger partial charge on any atom is 0.325 e.